The van der Waals surface area contributed by atoms with Crippen LogP contribution in [0, 0.1) is 0 Å². The second-order valence-electron chi connectivity index (χ2n) is 3.92. The maximum Gasteiger partial charge on any atom is 0.238 e. The van der Waals surface area contributed by atoms with Gasteiger partial charge in [0, 0.05) is 12.1 Å². The van der Waals surface area contributed by atoms with Gasteiger partial charge in [0.25, 0.3) is 0 Å². The average molecular weight is 225 g/mol. The summed E-state index contributed by atoms with van der Waals surface area (Å²) in [6, 6.07) is 14.0. The van der Waals surface area contributed by atoms with E-state index in [1.165, 1.54) is 0 Å². The van der Waals surface area contributed by atoms with Crippen molar-refractivity contribution < 1.29 is 4.74 Å². The Morgan fingerprint density at radius 1 is 1.06 bits per heavy atom. The molecule has 1 aliphatic heterocycles. The van der Waals surface area contributed by atoms with Crippen molar-refractivity contribution in [2.75, 3.05) is 12.4 Å². The third-order valence-electron chi connectivity index (χ3n) is 2.97. The number of ether oxygens (including phenoxy) is 1. The number of hydrogen-bond donors (Lipinski definition) is 1. The summed E-state index contributed by atoms with van der Waals surface area (Å²) in [5.74, 6) is 0.825. The van der Waals surface area contributed by atoms with Gasteiger partial charge in [0.05, 0.1) is 7.11 Å². The molecule has 0 bridgehead atoms. The van der Waals surface area contributed by atoms with Gasteiger partial charge in [-0.2, -0.15) is 4.58 Å². The number of rotatable bonds is 1. The highest BCUT2D eigenvalue weighted by Crippen LogP contribution is 2.44. The van der Waals surface area contributed by atoms with Crippen molar-refractivity contribution in [3.63, 3.8) is 0 Å². The van der Waals surface area contributed by atoms with Crippen molar-refractivity contribution >= 4 is 29.5 Å². The van der Waals surface area contributed by atoms with Crippen LogP contribution in [0.4, 0.5) is 22.7 Å². The van der Waals surface area contributed by atoms with E-state index in [9.17, 15) is 0 Å². The van der Waals surface area contributed by atoms with E-state index in [1.54, 1.807) is 7.11 Å². The molecule has 1 aliphatic rings. The van der Waals surface area contributed by atoms with Gasteiger partial charge < -0.3 is 10.1 Å². The Bertz CT molecular complexity index is 605. The lowest BCUT2D eigenvalue weighted by Crippen LogP contribution is -2.12. The molecular formula is C14H13N2O+. The van der Waals surface area contributed by atoms with Gasteiger partial charge in [-0.05, 0) is 12.1 Å². The molecule has 0 aromatic heterocycles. The van der Waals surface area contributed by atoms with Crippen molar-refractivity contribution in [1.29, 1.82) is 0 Å². The Balaban J connectivity index is 2.23. The van der Waals surface area contributed by atoms with Gasteiger partial charge in [0.15, 0.2) is 5.69 Å². The number of nitrogens with zero attached hydrogens (tertiary/aromatic N) is 1. The second kappa shape index (κ2) is 3.63. The first kappa shape index (κ1) is 9.90. The minimum atomic E-state index is 0.825. The van der Waals surface area contributed by atoms with Gasteiger partial charge in [-0.1, -0.05) is 18.2 Å². The standard InChI is InChI=1S/C14H13N2O/c1-16-11-7-4-3-6-10(11)15-14-12(16)8-5-9-13(14)17-2/h3-9,15H,1H2,2H3/q+1. The Labute approximate surface area is 100.0 Å². The van der Waals surface area contributed by atoms with Crippen LogP contribution in [0.3, 0.4) is 0 Å². The fourth-order valence-electron chi connectivity index (χ4n) is 2.12. The van der Waals surface area contributed by atoms with E-state index < -0.39 is 0 Å². The summed E-state index contributed by atoms with van der Waals surface area (Å²) in [6.07, 6.45) is 0. The monoisotopic (exact) mass is 225 g/mol. The summed E-state index contributed by atoms with van der Waals surface area (Å²) < 4.78 is 7.28. The van der Waals surface area contributed by atoms with Crippen molar-refractivity contribution in [1.82, 2.24) is 4.58 Å². The quantitative estimate of drug-likeness (QED) is 0.643. The molecule has 0 amide bonds. The first-order valence-corrected chi connectivity index (χ1v) is 5.45. The predicted octanol–water partition coefficient (Wildman–Crippen LogP) is 3.29. The lowest BCUT2D eigenvalue weighted by Gasteiger charge is -2.19. The van der Waals surface area contributed by atoms with Crippen LogP contribution in [0.15, 0.2) is 42.5 Å². The fourth-order valence-corrected chi connectivity index (χ4v) is 2.12. The first-order chi connectivity index (χ1) is 8.31. The third-order valence-corrected chi connectivity index (χ3v) is 2.97. The minimum absolute atomic E-state index is 0.825. The van der Waals surface area contributed by atoms with Crippen molar-refractivity contribution in [3.8, 4) is 5.75 Å². The topological polar surface area (TPSA) is 24.3 Å². The molecule has 3 rings (SSSR count). The number of anilines is 2. The Morgan fingerprint density at radius 2 is 1.82 bits per heavy atom. The van der Waals surface area contributed by atoms with E-state index in [2.05, 4.69) is 12.0 Å². The van der Waals surface area contributed by atoms with Crippen LogP contribution in [0.5, 0.6) is 5.75 Å². The molecule has 0 unspecified atom stereocenters. The number of nitrogens with one attached hydrogen (secondary N) is 1. The van der Waals surface area contributed by atoms with Gasteiger partial charge in [-0.15, -0.1) is 0 Å². The Hall–Kier alpha value is -2.29. The summed E-state index contributed by atoms with van der Waals surface area (Å²) in [4.78, 5) is 0. The fraction of sp³-hybridized carbons (Fsp3) is 0.0714. The Morgan fingerprint density at radius 3 is 2.65 bits per heavy atom. The van der Waals surface area contributed by atoms with Crippen LogP contribution in [-0.2, 0) is 0 Å². The summed E-state index contributed by atoms with van der Waals surface area (Å²) >= 11 is 0. The molecule has 17 heavy (non-hydrogen) atoms. The molecule has 3 heteroatoms. The van der Waals surface area contributed by atoms with Crippen LogP contribution in [0.2, 0.25) is 0 Å². The van der Waals surface area contributed by atoms with Crippen LogP contribution in [0.1, 0.15) is 0 Å². The highest BCUT2D eigenvalue weighted by atomic mass is 16.5. The molecule has 0 saturated carbocycles. The average Bonchev–Trinajstić information content (AvgIpc) is 2.38. The van der Waals surface area contributed by atoms with Crippen LogP contribution >= 0.6 is 0 Å². The summed E-state index contributed by atoms with van der Waals surface area (Å²) in [7, 11) is 1.67. The lowest BCUT2D eigenvalue weighted by molar-refractivity contribution is 0.416. The molecule has 0 saturated heterocycles. The van der Waals surface area contributed by atoms with Gasteiger partial charge in [0.2, 0.25) is 11.4 Å². The van der Waals surface area contributed by atoms with Crippen molar-refractivity contribution in [3.05, 3.63) is 42.5 Å². The first-order valence-electron chi connectivity index (χ1n) is 5.45. The molecule has 0 radical (unpaired) electrons. The van der Waals surface area contributed by atoms with Crippen molar-refractivity contribution in [2.45, 2.75) is 0 Å². The molecule has 1 N–H and O–H groups in total. The second-order valence-corrected chi connectivity index (χ2v) is 3.92. The molecule has 2 aromatic carbocycles. The largest absolute Gasteiger partial charge is 0.494 e. The summed E-state index contributed by atoms with van der Waals surface area (Å²) in [5, 5.41) is 3.38. The minimum Gasteiger partial charge on any atom is -0.494 e. The zero-order valence-corrected chi connectivity index (χ0v) is 9.60. The molecular weight excluding hydrogens is 212 g/mol. The van der Waals surface area contributed by atoms with E-state index in [4.69, 9.17) is 4.74 Å². The summed E-state index contributed by atoms with van der Waals surface area (Å²) in [5.41, 5.74) is 4.08. The molecule has 0 atom stereocenters. The number of hydrogen-bond acceptors (Lipinski definition) is 2. The molecule has 0 aliphatic carbocycles. The molecule has 84 valence electrons. The summed E-state index contributed by atoms with van der Waals surface area (Å²) in [6.45, 7) is 4.09. The molecule has 3 nitrogen and oxygen atoms in total. The zero-order valence-electron chi connectivity index (χ0n) is 9.60. The van der Waals surface area contributed by atoms with Gasteiger partial charge in [-0.3, -0.25) is 0 Å². The highest BCUT2D eigenvalue weighted by Gasteiger charge is 2.27. The number of fused-ring (bicyclic) bond motifs is 2. The van der Waals surface area contributed by atoms with Gasteiger partial charge in [-0.25, -0.2) is 0 Å². The lowest BCUT2D eigenvalue weighted by atomic mass is 10.1. The third kappa shape index (κ3) is 1.40. The maximum absolute atomic E-state index is 5.36. The van der Waals surface area contributed by atoms with Crippen LogP contribution < -0.4 is 14.6 Å². The number of methoxy groups -OCH3 is 1. The molecule has 2 aromatic rings. The molecule has 0 spiro atoms. The van der Waals surface area contributed by atoms with Gasteiger partial charge in [0.1, 0.15) is 18.2 Å². The smallest absolute Gasteiger partial charge is 0.238 e. The van der Waals surface area contributed by atoms with Gasteiger partial charge >= 0.3 is 0 Å². The Kier molecular flexibility index (Phi) is 2.11. The van der Waals surface area contributed by atoms with Crippen LogP contribution in [-0.4, -0.2) is 13.8 Å². The van der Waals surface area contributed by atoms with Crippen LogP contribution in [0.25, 0.3) is 0 Å². The van der Waals surface area contributed by atoms with E-state index in [0.717, 1.165) is 28.5 Å². The predicted molar refractivity (Wildman–Crippen MR) is 71.3 cm³/mol. The maximum atomic E-state index is 5.36. The number of para-hydroxylation sites is 3. The zero-order chi connectivity index (χ0) is 11.8. The normalized spacial score (nSPS) is 12.4. The van der Waals surface area contributed by atoms with Crippen molar-refractivity contribution in [2.24, 2.45) is 0 Å². The van der Waals surface area contributed by atoms with E-state index in [0.29, 0.717) is 0 Å². The van der Waals surface area contributed by atoms with E-state index in [1.807, 2.05) is 47.0 Å². The number of benzene rings is 2. The van der Waals surface area contributed by atoms with E-state index >= 15 is 0 Å². The van der Waals surface area contributed by atoms with E-state index in [-0.39, 0.29) is 0 Å². The molecule has 0 fully saturated rings. The SMILES string of the molecule is C=[N+]1c2ccccc2Nc2c(OC)cccc21. The highest BCUT2D eigenvalue weighted by molar-refractivity contribution is 5.90. The molecule has 1 heterocycles.